The Hall–Kier alpha value is -2.62. The number of para-hydroxylation sites is 1. The van der Waals surface area contributed by atoms with Gasteiger partial charge in [-0.15, -0.1) is 0 Å². The molecule has 4 nitrogen and oxygen atoms in total. The lowest BCUT2D eigenvalue weighted by Crippen LogP contribution is -2.13. The van der Waals surface area contributed by atoms with E-state index in [4.69, 9.17) is 10.5 Å². The fourth-order valence-corrected chi connectivity index (χ4v) is 1.80. The lowest BCUT2D eigenvalue weighted by Gasteiger charge is -2.09. The average molecular weight is 269 g/mol. The highest BCUT2D eigenvalue weighted by Gasteiger charge is 2.11. The summed E-state index contributed by atoms with van der Waals surface area (Å²) in [6.45, 7) is 0. The van der Waals surface area contributed by atoms with Gasteiger partial charge >= 0.3 is 5.97 Å². The fourth-order valence-electron chi connectivity index (χ4n) is 1.80. The fraction of sp³-hybridized carbons (Fsp3) is 0.125. The van der Waals surface area contributed by atoms with Gasteiger partial charge in [0.2, 0.25) is 5.91 Å². The number of hydrogen-bond acceptors (Lipinski definition) is 3. The molecule has 2 aromatic carbocycles. The number of benzene rings is 2. The Morgan fingerprint density at radius 2 is 1.60 bits per heavy atom. The number of carbonyl (C=O) groups excluding carboxylic acids is 2. The molecule has 0 saturated carbocycles. The number of aryl methyl sites for hydroxylation is 1. The summed E-state index contributed by atoms with van der Waals surface area (Å²) < 4.78 is 5.37. The van der Waals surface area contributed by atoms with Crippen molar-refractivity contribution in [2.45, 2.75) is 12.8 Å². The first-order valence-corrected chi connectivity index (χ1v) is 6.30. The minimum absolute atomic E-state index is 0.222. The number of carbonyl (C=O) groups is 2. The molecule has 0 fully saturated rings. The van der Waals surface area contributed by atoms with Gasteiger partial charge in [-0.2, -0.15) is 0 Å². The normalized spacial score (nSPS) is 10.0. The van der Waals surface area contributed by atoms with E-state index in [-0.39, 0.29) is 12.3 Å². The Morgan fingerprint density at radius 3 is 2.30 bits per heavy atom. The van der Waals surface area contributed by atoms with E-state index < -0.39 is 5.97 Å². The van der Waals surface area contributed by atoms with Crippen molar-refractivity contribution >= 4 is 11.9 Å². The molecule has 20 heavy (non-hydrogen) atoms. The zero-order valence-electron chi connectivity index (χ0n) is 10.9. The monoisotopic (exact) mass is 269 g/mol. The van der Waals surface area contributed by atoms with Crippen LogP contribution in [0.25, 0.3) is 0 Å². The second-order valence-corrected chi connectivity index (χ2v) is 4.33. The molecule has 1 amide bonds. The molecule has 0 aliphatic carbocycles. The Balaban J connectivity index is 2.13. The predicted octanol–water partition coefficient (Wildman–Crippen LogP) is 2.32. The molecule has 0 aliphatic rings. The summed E-state index contributed by atoms with van der Waals surface area (Å²) >= 11 is 0. The lowest BCUT2D eigenvalue weighted by molar-refractivity contribution is -0.117. The van der Waals surface area contributed by atoms with E-state index >= 15 is 0 Å². The van der Waals surface area contributed by atoms with E-state index in [9.17, 15) is 9.59 Å². The van der Waals surface area contributed by atoms with E-state index in [2.05, 4.69) is 0 Å². The van der Waals surface area contributed by atoms with Crippen molar-refractivity contribution in [1.82, 2.24) is 0 Å². The second-order valence-electron chi connectivity index (χ2n) is 4.33. The van der Waals surface area contributed by atoms with Crippen LogP contribution in [0.3, 0.4) is 0 Å². The molecular formula is C16H15NO3. The van der Waals surface area contributed by atoms with E-state index in [1.165, 1.54) is 0 Å². The average Bonchev–Trinajstić information content (AvgIpc) is 2.47. The molecule has 0 unspecified atom stereocenters. The summed E-state index contributed by atoms with van der Waals surface area (Å²) in [5, 5.41) is 0. The predicted molar refractivity (Wildman–Crippen MR) is 75.4 cm³/mol. The van der Waals surface area contributed by atoms with Gasteiger partial charge in [0.15, 0.2) is 0 Å². The van der Waals surface area contributed by atoms with Gasteiger partial charge in [-0.3, -0.25) is 4.79 Å². The molecule has 0 heterocycles. The standard InChI is InChI=1S/C16H15NO3/c17-15(18)11-10-12-6-4-5-9-14(12)20-16(19)13-7-2-1-3-8-13/h1-9H,10-11H2,(H2,17,18). The van der Waals surface area contributed by atoms with Crippen molar-refractivity contribution in [3.63, 3.8) is 0 Å². The maximum absolute atomic E-state index is 12.0. The van der Waals surface area contributed by atoms with Gasteiger partial charge in [-0.25, -0.2) is 4.79 Å². The topological polar surface area (TPSA) is 69.4 Å². The number of esters is 1. The number of ether oxygens (including phenoxy) is 1. The molecule has 2 aromatic rings. The second kappa shape index (κ2) is 6.52. The molecule has 0 atom stereocenters. The summed E-state index contributed by atoms with van der Waals surface area (Å²) in [5.41, 5.74) is 6.41. The minimum Gasteiger partial charge on any atom is -0.423 e. The molecule has 0 saturated heterocycles. The Bertz CT molecular complexity index is 608. The van der Waals surface area contributed by atoms with Crippen LogP contribution in [0.15, 0.2) is 54.6 Å². The van der Waals surface area contributed by atoms with Crippen molar-refractivity contribution in [3.8, 4) is 5.75 Å². The first-order valence-electron chi connectivity index (χ1n) is 6.30. The Morgan fingerprint density at radius 1 is 0.950 bits per heavy atom. The smallest absolute Gasteiger partial charge is 0.343 e. The van der Waals surface area contributed by atoms with Crippen LogP contribution in [0.2, 0.25) is 0 Å². The number of nitrogens with two attached hydrogens (primary N) is 1. The van der Waals surface area contributed by atoms with Gasteiger partial charge < -0.3 is 10.5 Å². The molecule has 0 bridgehead atoms. The summed E-state index contributed by atoms with van der Waals surface area (Å²) in [6, 6.07) is 15.9. The number of rotatable bonds is 5. The maximum atomic E-state index is 12.0. The SMILES string of the molecule is NC(=O)CCc1ccccc1OC(=O)c1ccccc1. The highest BCUT2D eigenvalue weighted by Crippen LogP contribution is 2.20. The highest BCUT2D eigenvalue weighted by molar-refractivity contribution is 5.91. The van der Waals surface area contributed by atoms with Gasteiger partial charge in [-0.1, -0.05) is 36.4 Å². The molecule has 0 radical (unpaired) electrons. The van der Waals surface area contributed by atoms with Gasteiger partial charge in [0.1, 0.15) is 5.75 Å². The summed E-state index contributed by atoms with van der Waals surface area (Å²) in [5.74, 6) is -0.339. The van der Waals surface area contributed by atoms with Crippen molar-refractivity contribution < 1.29 is 14.3 Å². The van der Waals surface area contributed by atoms with Crippen molar-refractivity contribution in [3.05, 3.63) is 65.7 Å². The molecule has 2 rings (SSSR count). The number of primary amides is 1. The molecule has 4 heteroatoms. The quantitative estimate of drug-likeness (QED) is 0.669. The van der Waals surface area contributed by atoms with Crippen molar-refractivity contribution in [2.24, 2.45) is 5.73 Å². The largest absolute Gasteiger partial charge is 0.423 e. The third-order valence-electron chi connectivity index (χ3n) is 2.83. The van der Waals surface area contributed by atoms with E-state index in [1.807, 2.05) is 18.2 Å². The third-order valence-corrected chi connectivity index (χ3v) is 2.83. The van der Waals surface area contributed by atoms with Gasteiger partial charge in [0.25, 0.3) is 0 Å². The lowest BCUT2D eigenvalue weighted by atomic mass is 10.1. The maximum Gasteiger partial charge on any atom is 0.343 e. The van der Waals surface area contributed by atoms with Crippen molar-refractivity contribution in [2.75, 3.05) is 0 Å². The van der Waals surface area contributed by atoms with Crippen LogP contribution in [0.4, 0.5) is 0 Å². The molecular weight excluding hydrogens is 254 g/mol. The first kappa shape index (κ1) is 13.8. The highest BCUT2D eigenvalue weighted by atomic mass is 16.5. The molecule has 102 valence electrons. The van der Waals surface area contributed by atoms with Gasteiger partial charge in [-0.05, 0) is 30.2 Å². The van der Waals surface area contributed by atoms with E-state index in [0.717, 1.165) is 5.56 Å². The first-order chi connectivity index (χ1) is 9.66. The minimum atomic E-state index is -0.419. The van der Waals surface area contributed by atoms with Crippen LogP contribution in [0.5, 0.6) is 5.75 Å². The number of amides is 1. The van der Waals surface area contributed by atoms with Crippen LogP contribution in [0.1, 0.15) is 22.3 Å². The van der Waals surface area contributed by atoms with Gasteiger partial charge in [0.05, 0.1) is 5.56 Å². The molecule has 0 aliphatic heterocycles. The Labute approximate surface area is 117 Å². The van der Waals surface area contributed by atoms with E-state index in [1.54, 1.807) is 36.4 Å². The van der Waals surface area contributed by atoms with Crippen LogP contribution < -0.4 is 10.5 Å². The summed E-state index contributed by atoms with van der Waals surface area (Å²) in [4.78, 5) is 22.8. The zero-order valence-corrected chi connectivity index (χ0v) is 10.9. The Kier molecular flexibility index (Phi) is 4.50. The van der Waals surface area contributed by atoms with Crippen LogP contribution >= 0.6 is 0 Å². The molecule has 2 N–H and O–H groups in total. The van der Waals surface area contributed by atoms with Crippen LogP contribution in [0, 0.1) is 0 Å². The zero-order chi connectivity index (χ0) is 14.4. The van der Waals surface area contributed by atoms with Crippen molar-refractivity contribution in [1.29, 1.82) is 0 Å². The number of hydrogen-bond donors (Lipinski definition) is 1. The van der Waals surface area contributed by atoms with Gasteiger partial charge in [0, 0.05) is 6.42 Å². The third kappa shape index (κ3) is 3.68. The summed E-state index contributed by atoms with van der Waals surface area (Å²) in [6.07, 6.45) is 0.674. The molecule has 0 spiro atoms. The van der Waals surface area contributed by atoms with Crippen LogP contribution in [-0.2, 0) is 11.2 Å². The van der Waals surface area contributed by atoms with E-state index in [0.29, 0.717) is 17.7 Å². The summed E-state index contributed by atoms with van der Waals surface area (Å²) in [7, 11) is 0. The van der Waals surface area contributed by atoms with Crippen LogP contribution in [-0.4, -0.2) is 11.9 Å². The molecule has 0 aromatic heterocycles.